The molecule has 22 heavy (non-hydrogen) atoms. The Morgan fingerprint density at radius 1 is 1.05 bits per heavy atom. The Morgan fingerprint density at radius 3 is 2.68 bits per heavy atom. The summed E-state index contributed by atoms with van der Waals surface area (Å²) in [6.45, 7) is 3.19. The van der Waals surface area contributed by atoms with Crippen molar-refractivity contribution in [3.8, 4) is 0 Å². The predicted molar refractivity (Wildman–Crippen MR) is 84.4 cm³/mol. The van der Waals surface area contributed by atoms with Crippen molar-refractivity contribution in [1.82, 2.24) is 15.0 Å². The fourth-order valence-electron chi connectivity index (χ4n) is 2.01. The first-order valence-corrected chi connectivity index (χ1v) is 7.04. The second-order valence-electron chi connectivity index (χ2n) is 4.86. The number of aryl methyl sites for hydroxylation is 1. The molecule has 6 nitrogen and oxygen atoms in total. The molecule has 0 aliphatic heterocycles. The van der Waals surface area contributed by atoms with Gasteiger partial charge in [0.2, 0.25) is 5.95 Å². The Hall–Kier alpha value is -2.89. The molecule has 0 radical (unpaired) electrons. The van der Waals surface area contributed by atoms with Gasteiger partial charge in [0.05, 0.1) is 12.8 Å². The molecule has 112 valence electrons. The molecule has 0 aliphatic rings. The predicted octanol–water partition coefficient (Wildman–Crippen LogP) is 3.00. The lowest BCUT2D eigenvalue weighted by atomic mass is 10.3. The van der Waals surface area contributed by atoms with Gasteiger partial charge in [-0.05, 0) is 36.8 Å². The van der Waals surface area contributed by atoms with Gasteiger partial charge in [0.25, 0.3) is 0 Å². The average molecular weight is 295 g/mol. The van der Waals surface area contributed by atoms with Crippen LogP contribution >= 0.6 is 0 Å². The van der Waals surface area contributed by atoms with Gasteiger partial charge in [0.1, 0.15) is 11.6 Å². The zero-order chi connectivity index (χ0) is 15.2. The molecule has 3 rings (SSSR count). The Labute approximate surface area is 128 Å². The van der Waals surface area contributed by atoms with Gasteiger partial charge in [-0.15, -0.1) is 0 Å². The van der Waals surface area contributed by atoms with E-state index >= 15 is 0 Å². The first kappa shape index (κ1) is 14.1. The van der Waals surface area contributed by atoms with E-state index in [4.69, 9.17) is 4.42 Å². The highest BCUT2D eigenvalue weighted by Gasteiger charge is 2.03. The molecular formula is C16H17N5O. The largest absolute Gasteiger partial charge is 0.467 e. The molecule has 3 aromatic heterocycles. The molecular weight excluding hydrogens is 278 g/mol. The van der Waals surface area contributed by atoms with Crippen molar-refractivity contribution in [3.63, 3.8) is 0 Å². The second-order valence-corrected chi connectivity index (χ2v) is 4.86. The van der Waals surface area contributed by atoms with Crippen LogP contribution in [0, 0.1) is 6.92 Å². The van der Waals surface area contributed by atoms with Crippen LogP contribution in [0.15, 0.2) is 53.4 Å². The lowest BCUT2D eigenvalue weighted by Gasteiger charge is -2.09. The number of anilines is 2. The van der Waals surface area contributed by atoms with Crippen LogP contribution in [0.5, 0.6) is 0 Å². The number of nitrogens with zero attached hydrogens (tertiary/aromatic N) is 3. The minimum Gasteiger partial charge on any atom is -0.467 e. The smallest absolute Gasteiger partial charge is 0.225 e. The zero-order valence-electron chi connectivity index (χ0n) is 12.3. The zero-order valence-corrected chi connectivity index (χ0v) is 12.3. The minimum atomic E-state index is 0.591. The molecule has 0 atom stereocenters. The average Bonchev–Trinajstić information content (AvgIpc) is 3.05. The van der Waals surface area contributed by atoms with Gasteiger partial charge in [-0.3, -0.25) is 4.98 Å². The highest BCUT2D eigenvalue weighted by Crippen LogP contribution is 2.12. The number of aromatic nitrogens is 3. The van der Waals surface area contributed by atoms with Crippen molar-refractivity contribution in [2.24, 2.45) is 0 Å². The molecule has 0 bridgehead atoms. The molecule has 3 aromatic rings. The summed E-state index contributed by atoms with van der Waals surface area (Å²) in [4.78, 5) is 12.8. The topological polar surface area (TPSA) is 75.9 Å². The summed E-state index contributed by atoms with van der Waals surface area (Å²) < 4.78 is 5.29. The van der Waals surface area contributed by atoms with Gasteiger partial charge in [-0.2, -0.15) is 4.98 Å². The van der Waals surface area contributed by atoms with E-state index in [1.807, 2.05) is 37.3 Å². The van der Waals surface area contributed by atoms with E-state index < -0.39 is 0 Å². The Morgan fingerprint density at radius 2 is 1.91 bits per heavy atom. The lowest BCUT2D eigenvalue weighted by molar-refractivity contribution is 0.518. The summed E-state index contributed by atoms with van der Waals surface area (Å²) in [6.07, 6.45) is 5.19. The van der Waals surface area contributed by atoms with Crippen LogP contribution in [-0.2, 0) is 13.1 Å². The van der Waals surface area contributed by atoms with Crippen molar-refractivity contribution in [3.05, 3.63) is 66.0 Å². The van der Waals surface area contributed by atoms with Crippen molar-refractivity contribution >= 4 is 11.8 Å². The first-order valence-electron chi connectivity index (χ1n) is 7.04. The summed E-state index contributed by atoms with van der Waals surface area (Å²) in [5, 5.41) is 6.45. The van der Waals surface area contributed by atoms with Gasteiger partial charge in [-0.1, -0.05) is 0 Å². The highest BCUT2D eigenvalue weighted by molar-refractivity contribution is 5.42. The van der Waals surface area contributed by atoms with E-state index in [0.29, 0.717) is 19.0 Å². The third-order valence-corrected chi connectivity index (χ3v) is 3.08. The summed E-state index contributed by atoms with van der Waals surface area (Å²) in [6, 6.07) is 9.60. The van der Waals surface area contributed by atoms with Gasteiger partial charge >= 0.3 is 0 Å². The summed E-state index contributed by atoms with van der Waals surface area (Å²) in [5.74, 6) is 2.22. The molecule has 3 heterocycles. The highest BCUT2D eigenvalue weighted by atomic mass is 16.3. The maximum atomic E-state index is 5.29. The van der Waals surface area contributed by atoms with Crippen LogP contribution in [-0.4, -0.2) is 15.0 Å². The van der Waals surface area contributed by atoms with E-state index in [0.717, 1.165) is 22.8 Å². The van der Waals surface area contributed by atoms with Crippen molar-refractivity contribution in [1.29, 1.82) is 0 Å². The van der Waals surface area contributed by atoms with E-state index in [2.05, 4.69) is 25.6 Å². The van der Waals surface area contributed by atoms with Crippen molar-refractivity contribution < 1.29 is 4.42 Å². The minimum absolute atomic E-state index is 0.591. The summed E-state index contributed by atoms with van der Waals surface area (Å²) in [7, 11) is 0. The van der Waals surface area contributed by atoms with Crippen LogP contribution < -0.4 is 10.6 Å². The SMILES string of the molecule is Cc1cc(NCc2ccco2)nc(NCc2ccncc2)n1. The fraction of sp³-hybridized carbons (Fsp3) is 0.188. The van der Waals surface area contributed by atoms with Gasteiger partial charge in [-0.25, -0.2) is 4.98 Å². The first-order chi connectivity index (χ1) is 10.8. The number of furan rings is 1. The monoisotopic (exact) mass is 295 g/mol. The summed E-state index contributed by atoms with van der Waals surface area (Å²) >= 11 is 0. The molecule has 2 N–H and O–H groups in total. The van der Waals surface area contributed by atoms with Crippen LogP contribution in [0.1, 0.15) is 17.0 Å². The number of nitrogens with one attached hydrogen (secondary N) is 2. The standard InChI is InChI=1S/C16H17N5O/c1-12-9-15(18-11-14-3-2-8-22-14)21-16(20-12)19-10-13-4-6-17-7-5-13/h2-9H,10-11H2,1H3,(H2,18,19,20,21). The quantitative estimate of drug-likeness (QED) is 0.728. The third-order valence-electron chi connectivity index (χ3n) is 3.08. The Balaban J connectivity index is 1.64. The van der Waals surface area contributed by atoms with Gasteiger partial charge < -0.3 is 15.1 Å². The number of rotatable bonds is 6. The normalized spacial score (nSPS) is 10.4. The number of hydrogen-bond donors (Lipinski definition) is 2. The lowest BCUT2D eigenvalue weighted by Crippen LogP contribution is -2.08. The molecule has 0 saturated heterocycles. The van der Waals surface area contributed by atoms with Gasteiger partial charge in [0, 0.05) is 30.7 Å². The maximum absolute atomic E-state index is 5.29. The number of pyridine rings is 1. The Bertz CT molecular complexity index is 713. The molecule has 0 saturated carbocycles. The van der Waals surface area contributed by atoms with Crippen molar-refractivity contribution in [2.75, 3.05) is 10.6 Å². The molecule has 0 unspecified atom stereocenters. The van der Waals surface area contributed by atoms with Crippen LogP contribution in [0.4, 0.5) is 11.8 Å². The maximum Gasteiger partial charge on any atom is 0.225 e. The fourth-order valence-corrected chi connectivity index (χ4v) is 2.01. The van der Waals surface area contributed by atoms with Crippen LogP contribution in [0.2, 0.25) is 0 Å². The van der Waals surface area contributed by atoms with Gasteiger partial charge in [0.15, 0.2) is 0 Å². The van der Waals surface area contributed by atoms with E-state index in [9.17, 15) is 0 Å². The Kier molecular flexibility index (Phi) is 4.29. The van der Waals surface area contributed by atoms with Crippen LogP contribution in [0.3, 0.4) is 0 Å². The van der Waals surface area contributed by atoms with E-state index in [1.165, 1.54) is 0 Å². The second kappa shape index (κ2) is 6.71. The molecule has 6 heteroatoms. The molecule has 0 aromatic carbocycles. The van der Waals surface area contributed by atoms with E-state index in [1.54, 1.807) is 18.7 Å². The molecule has 0 spiro atoms. The molecule has 0 amide bonds. The van der Waals surface area contributed by atoms with Crippen molar-refractivity contribution in [2.45, 2.75) is 20.0 Å². The summed E-state index contributed by atoms with van der Waals surface area (Å²) in [5.41, 5.74) is 2.03. The number of hydrogen-bond acceptors (Lipinski definition) is 6. The molecule has 0 aliphatic carbocycles. The van der Waals surface area contributed by atoms with Crippen LogP contribution in [0.25, 0.3) is 0 Å². The third kappa shape index (κ3) is 3.82. The molecule has 0 fully saturated rings. The van der Waals surface area contributed by atoms with E-state index in [-0.39, 0.29) is 0 Å².